The van der Waals surface area contributed by atoms with Gasteiger partial charge in [-0.1, -0.05) is 0 Å². The molecule has 0 spiro atoms. The van der Waals surface area contributed by atoms with Crippen molar-refractivity contribution in [2.24, 2.45) is 0 Å². The van der Waals surface area contributed by atoms with E-state index in [-0.39, 0.29) is 5.56 Å². The second-order valence-corrected chi connectivity index (χ2v) is 4.75. The van der Waals surface area contributed by atoms with Crippen molar-refractivity contribution in [1.29, 1.82) is 0 Å². The van der Waals surface area contributed by atoms with Crippen LogP contribution in [0.25, 0.3) is 0 Å². The van der Waals surface area contributed by atoms with Gasteiger partial charge in [-0.15, -0.1) is 11.3 Å². The summed E-state index contributed by atoms with van der Waals surface area (Å²) in [5.41, 5.74) is 0.745. The lowest BCUT2D eigenvalue weighted by Gasteiger charge is -2.02. The molecule has 0 aliphatic heterocycles. The quantitative estimate of drug-likeness (QED) is 0.893. The Labute approximate surface area is 103 Å². The van der Waals surface area contributed by atoms with Crippen molar-refractivity contribution >= 4 is 16.5 Å². The van der Waals surface area contributed by atoms with Gasteiger partial charge in [0.2, 0.25) is 0 Å². The van der Waals surface area contributed by atoms with Crippen LogP contribution in [-0.2, 0) is 6.54 Å². The van der Waals surface area contributed by atoms with Gasteiger partial charge in [0.05, 0.1) is 12.2 Å². The summed E-state index contributed by atoms with van der Waals surface area (Å²) in [4.78, 5) is 16.8. The molecule has 0 unspecified atom stereocenters. The van der Waals surface area contributed by atoms with Crippen LogP contribution in [0.3, 0.4) is 0 Å². The smallest absolute Gasteiger partial charge is 0.267 e. The van der Waals surface area contributed by atoms with Crippen molar-refractivity contribution in [1.82, 2.24) is 14.8 Å². The molecule has 5 nitrogen and oxygen atoms in total. The van der Waals surface area contributed by atoms with Gasteiger partial charge in [0.25, 0.3) is 5.56 Å². The summed E-state index contributed by atoms with van der Waals surface area (Å²) >= 11 is 1.54. The Balaban J connectivity index is 2.19. The Morgan fingerprint density at radius 1 is 1.47 bits per heavy atom. The molecule has 0 radical (unpaired) electrons. The lowest BCUT2D eigenvalue weighted by molar-refractivity contribution is 0.633. The van der Waals surface area contributed by atoms with E-state index in [0.717, 1.165) is 22.2 Å². The van der Waals surface area contributed by atoms with Crippen LogP contribution in [0.15, 0.2) is 23.1 Å². The topological polar surface area (TPSA) is 59.8 Å². The molecule has 2 rings (SSSR count). The maximum atomic E-state index is 11.6. The molecule has 0 amide bonds. The van der Waals surface area contributed by atoms with E-state index in [1.165, 1.54) is 10.7 Å². The van der Waals surface area contributed by atoms with Crippen molar-refractivity contribution in [3.63, 3.8) is 0 Å². The molecule has 0 saturated heterocycles. The summed E-state index contributed by atoms with van der Waals surface area (Å²) in [5, 5.41) is 8.20. The number of hydrogen-bond acceptors (Lipinski definition) is 5. The molecule has 17 heavy (non-hydrogen) atoms. The minimum absolute atomic E-state index is 0.0889. The highest BCUT2D eigenvalue weighted by atomic mass is 32.1. The lowest BCUT2D eigenvalue weighted by Crippen LogP contribution is -2.22. The second kappa shape index (κ2) is 5.09. The first-order chi connectivity index (χ1) is 8.19. The van der Waals surface area contributed by atoms with Gasteiger partial charge >= 0.3 is 0 Å². The Morgan fingerprint density at radius 3 is 3.06 bits per heavy atom. The lowest BCUT2D eigenvalue weighted by atomic mass is 10.4. The molecule has 2 aromatic heterocycles. The standard InChI is InChI=1S/C11H14N4OS/c1-3-12-11-13-6-9(17-11)7-15-10(16)5-4-8(2)14-15/h4-6H,3,7H2,1-2H3,(H,12,13). The summed E-state index contributed by atoms with van der Waals surface area (Å²) in [6.07, 6.45) is 1.78. The average Bonchev–Trinajstić information content (AvgIpc) is 2.72. The highest BCUT2D eigenvalue weighted by Gasteiger charge is 2.04. The highest BCUT2D eigenvalue weighted by Crippen LogP contribution is 2.17. The van der Waals surface area contributed by atoms with E-state index < -0.39 is 0 Å². The van der Waals surface area contributed by atoms with Crippen molar-refractivity contribution in [2.45, 2.75) is 20.4 Å². The van der Waals surface area contributed by atoms with Gasteiger partial charge in [0.15, 0.2) is 5.13 Å². The van der Waals surface area contributed by atoms with Gasteiger partial charge in [0, 0.05) is 23.7 Å². The Morgan fingerprint density at radius 2 is 2.29 bits per heavy atom. The summed E-state index contributed by atoms with van der Waals surface area (Å²) in [5.74, 6) is 0. The summed E-state index contributed by atoms with van der Waals surface area (Å²) in [6.45, 7) is 5.21. The molecule has 0 fully saturated rings. The maximum Gasteiger partial charge on any atom is 0.267 e. The maximum absolute atomic E-state index is 11.6. The van der Waals surface area contributed by atoms with Crippen LogP contribution in [0, 0.1) is 6.92 Å². The first-order valence-electron chi connectivity index (χ1n) is 5.42. The second-order valence-electron chi connectivity index (χ2n) is 3.63. The first kappa shape index (κ1) is 11.8. The molecule has 0 aliphatic carbocycles. The van der Waals surface area contributed by atoms with E-state index in [9.17, 15) is 4.79 Å². The zero-order chi connectivity index (χ0) is 12.3. The van der Waals surface area contributed by atoms with E-state index in [4.69, 9.17) is 0 Å². The molecule has 0 aromatic carbocycles. The van der Waals surface area contributed by atoms with E-state index in [0.29, 0.717) is 6.54 Å². The van der Waals surface area contributed by atoms with E-state index in [1.54, 1.807) is 23.6 Å². The largest absolute Gasteiger partial charge is 0.362 e. The Hall–Kier alpha value is -1.69. The molecule has 0 saturated carbocycles. The van der Waals surface area contributed by atoms with Gasteiger partial charge in [-0.3, -0.25) is 4.79 Å². The van der Waals surface area contributed by atoms with Crippen molar-refractivity contribution in [3.05, 3.63) is 39.3 Å². The van der Waals surface area contributed by atoms with Crippen LogP contribution in [0.1, 0.15) is 17.5 Å². The zero-order valence-electron chi connectivity index (χ0n) is 9.80. The molecular formula is C11H14N4OS. The summed E-state index contributed by atoms with van der Waals surface area (Å²) in [7, 11) is 0. The number of nitrogens with zero attached hydrogens (tertiary/aromatic N) is 3. The minimum atomic E-state index is -0.0889. The van der Waals surface area contributed by atoms with E-state index in [2.05, 4.69) is 15.4 Å². The normalized spacial score (nSPS) is 10.5. The summed E-state index contributed by atoms with van der Waals surface area (Å²) in [6, 6.07) is 3.25. The molecule has 1 N–H and O–H groups in total. The van der Waals surface area contributed by atoms with Crippen molar-refractivity contribution in [3.8, 4) is 0 Å². The number of aromatic nitrogens is 3. The Bertz CT molecular complexity index is 561. The number of anilines is 1. The van der Waals surface area contributed by atoms with Gasteiger partial charge in [-0.25, -0.2) is 9.67 Å². The van der Waals surface area contributed by atoms with Crippen LogP contribution >= 0.6 is 11.3 Å². The fourth-order valence-electron chi connectivity index (χ4n) is 1.43. The number of thiazole rings is 1. The minimum Gasteiger partial charge on any atom is -0.362 e. The zero-order valence-corrected chi connectivity index (χ0v) is 10.6. The predicted octanol–water partition coefficient (Wildman–Crippen LogP) is 1.49. The van der Waals surface area contributed by atoms with Crippen LogP contribution in [0.2, 0.25) is 0 Å². The van der Waals surface area contributed by atoms with E-state index in [1.807, 2.05) is 13.8 Å². The molecular weight excluding hydrogens is 236 g/mol. The number of aryl methyl sites for hydroxylation is 1. The number of hydrogen-bond donors (Lipinski definition) is 1. The summed E-state index contributed by atoms with van der Waals surface area (Å²) < 4.78 is 1.46. The van der Waals surface area contributed by atoms with E-state index >= 15 is 0 Å². The average molecular weight is 250 g/mol. The van der Waals surface area contributed by atoms with Gasteiger partial charge in [0.1, 0.15) is 0 Å². The molecule has 2 heterocycles. The molecule has 0 bridgehead atoms. The highest BCUT2D eigenvalue weighted by molar-refractivity contribution is 7.15. The fraction of sp³-hybridized carbons (Fsp3) is 0.364. The van der Waals surface area contributed by atoms with Gasteiger partial charge < -0.3 is 5.32 Å². The fourth-order valence-corrected chi connectivity index (χ4v) is 2.29. The third kappa shape index (κ3) is 2.91. The third-order valence-electron chi connectivity index (χ3n) is 2.19. The molecule has 90 valence electrons. The van der Waals surface area contributed by atoms with Crippen LogP contribution in [0.4, 0.5) is 5.13 Å². The SMILES string of the molecule is CCNc1ncc(Cn2nc(C)ccc2=O)s1. The van der Waals surface area contributed by atoms with Crippen LogP contribution < -0.4 is 10.9 Å². The number of rotatable bonds is 4. The van der Waals surface area contributed by atoms with Crippen LogP contribution in [0.5, 0.6) is 0 Å². The van der Waals surface area contributed by atoms with Gasteiger partial charge in [-0.2, -0.15) is 5.10 Å². The van der Waals surface area contributed by atoms with Crippen molar-refractivity contribution < 1.29 is 0 Å². The monoisotopic (exact) mass is 250 g/mol. The Kier molecular flexibility index (Phi) is 3.53. The molecule has 0 aliphatic rings. The first-order valence-corrected chi connectivity index (χ1v) is 6.24. The predicted molar refractivity (Wildman–Crippen MR) is 68.6 cm³/mol. The molecule has 0 atom stereocenters. The third-order valence-corrected chi connectivity index (χ3v) is 3.13. The molecule has 6 heteroatoms. The van der Waals surface area contributed by atoms with Crippen molar-refractivity contribution in [2.75, 3.05) is 11.9 Å². The van der Waals surface area contributed by atoms with Gasteiger partial charge in [-0.05, 0) is 19.9 Å². The molecule has 2 aromatic rings. The van der Waals surface area contributed by atoms with Crippen LogP contribution in [-0.4, -0.2) is 21.3 Å². The number of nitrogens with one attached hydrogen (secondary N) is 1.